The fraction of sp³-hybridized carbons (Fsp3) is 0.333. The lowest BCUT2D eigenvalue weighted by atomic mass is 10.0. The smallest absolute Gasteiger partial charge is 0.258 e. The highest BCUT2D eigenvalue weighted by Gasteiger charge is 2.24. The maximum atomic E-state index is 13.8. The summed E-state index contributed by atoms with van der Waals surface area (Å²) < 4.78 is 27.0. The lowest BCUT2D eigenvalue weighted by Gasteiger charge is -2.33. The van der Waals surface area contributed by atoms with Gasteiger partial charge in [-0.3, -0.25) is 9.59 Å². The zero-order chi connectivity index (χ0) is 19.6. The van der Waals surface area contributed by atoms with Gasteiger partial charge >= 0.3 is 0 Å². The van der Waals surface area contributed by atoms with E-state index < -0.39 is 17.5 Å². The van der Waals surface area contributed by atoms with Crippen molar-refractivity contribution in [3.63, 3.8) is 0 Å². The molecule has 1 aliphatic rings. The molecule has 3 rings (SSSR count). The normalized spacial score (nSPS) is 16.9. The Morgan fingerprint density at radius 2 is 1.89 bits per heavy atom. The largest absolute Gasteiger partial charge is 0.336 e. The number of piperidine rings is 1. The topological polar surface area (TPSA) is 49.4 Å². The number of benzene rings is 2. The van der Waals surface area contributed by atoms with E-state index in [0.29, 0.717) is 16.8 Å². The molecule has 0 aliphatic carbocycles. The first-order valence-electron chi connectivity index (χ1n) is 9.05. The van der Waals surface area contributed by atoms with Gasteiger partial charge in [-0.25, -0.2) is 8.78 Å². The Kier molecular flexibility index (Phi) is 5.54. The maximum Gasteiger partial charge on any atom is 0.258 e. The van der Waals surface area contributed by atoms with Gasteiger partial charge in [0.05, 0.1) is 5.56 Å². The highest BCUT2D eigenvalue weighted by atomic mass is 19.1. The van der Waals surface area contributed by atoms with E-state index in [1.54, 1.807) is 25.1 Å². The predicted octanol–water partition coefficient (Wildman–Crippen LogP) is 4.54. The number of hydrogen-bond donors (Lipinski definition) is 1. The number of likely N-dealkylation sites (tertiary alicyclic amines) is 1. The minimum Gasteiger partial charge on any atom is -0.336 e. The molecule has 1 unspecified atom stereocenters. The lowest BCUT2D eigenvalue weighted by Crippen LogP contribution is -2.42. The average Bonchev–Trinajstić information content (AvgIpc) is 2.65. The van der Waals surface area contributed by atoms with E-state index in [1.165, 1.54) is 0 Å². The highest BCUT2D eigenvalue weighted by molar-refractivity contribution is 6.05. The first kappa shape index (κ1) is 19.0. The van der Waals surface area contributed by atoms with E-state index in [0.717, 1.165) is 44.0 Å². The molecule has 4 nitrogen and oxygen atoms in total. The number of nitrogens with zero attached hydrogens (tertiary/aromatic N) is 1. The van der Waals surface area contributed by atoms with Crippen molar-refractivity contribution in [3.8, 4) is 0 Å². The quantitative estimate of drug-likeness (QED) is 0.860. The van der Waals surface area contributed by atoms with Crippen LogP contribution in [0.25, 0.3) is 0 Å². The number of amides is 2. The second-order valence-electron chi connectivity index (χ2n) is 6.95. The average molecular weight is 372 g/mol. The second kappa shape index (κ2) is 7.86. The van der Waals surface area contributed by atoms with Crippen molar-refractivity contribution >= 4 is 17.5 Å². The Labute approximate surface area is 157 Å². The SMILES string of the molecule is Cc1cc(C(=O)N2CCCCC2C)ccc1NC(=O)c1cc(F)ccc1F. The number of carbonyl (C=O) groups is 2. The summed E-state index contributed by atoms with van der Waals surface area (Å²) in [5.74, 6) is -2.24. The van der Waals surface area contributed by atoms with Crippen LogP contribution in [-0.4, -0.2) is 29.3 Å². The number of carbonyl (C=O) groups excluding carboxylic acids is 2. The summed E-state index contributed by atoms with van der Waals surface area (Å²) in [7, 11) is 0. The molecule has 1 heterocycles. The van der Waals surface area contributed by atoms with E-state index in [9.17, 15) is 18.4 Å². The van der Waals surface area contributed by atoms with Gasteiger partial charge in [-0.2, -0.15) is 0 Å². The summed E-state index contributed by atoms with van der Waals surface area (Å²) in [6, 6.07) is 7.91. The van der Waals surface area contributed by atoms with Crippen LogP contribution in [-0.2, 0) is 0 Å². The fourth-order valence-corrected chi connectivity index (χ4v) is 3.36. The molecular formula is C21H22F2N2O2. The van der Waals surface area contributed by atoms with Gasteiger partial charge < -0.3 is 10.2 Å². The van der Waals surface area contributed by atoms with Crippen molar-refractivity contribution in [2.75, 3.05) is 11.9 Å². The Hall–Kier alpha value is -2.76. The predicted molar refractivity (Wildman–Crippen MR) is 99.8 cm³/mol. The van der Waals surface area contributed by atoms with Crippen molar-refractivity contribution in [1.29, 1.82) is 0 Å². The monoisotopic (exact) mass is 372 g/mol. The zero-order valence-electron chi connectivity index (χ0n) is 15.4. The maximum absolute atomic E-state index is 13.8. The molecule has 0 aromatic heterocycles. The molecule has 1 fully saturated rings. The minimum absolute atomic E-state index is 0.0284. The Balaban J connectivity index is 1.77. The number of nitrogens with one attached hydrogen (secondary N) is 1. The lowest BCUT2D eigenvalue weighted by molar-refractivity contribution is 0.0635. The molecule has 2 amide bonds. The summed E-state index contributed by atoms with van der Waals surface area (Å²) in [6.45, 7) is 4.55. The van der Waals surface area contributed by atoms with E-state index in [2.05, 4.69) is 5.32 Å². The van der Waals surface area contributed by atoms with Crippen LogP contribution in [0.15, 0.2) is 36.4 Å². The van der Waals surface area contributed by atoms with E-state index in [4.69, 9.17) is 0 Å². The van der Waals surface area contributed by atoms with Gasteiger partial charge in [0.15, 0.2) is 0 Å². The van der Waals surface area contributed by atoms with Crippen LogP contribution in [0.2, 0.25) is 0 Å². The van der Waals surface area contributed by atoms with E-state index in [1.807, 2.05) is 11.8 Å². The molecular weight excluding hydrogens is 350 g/mol. The zero-order valence-corrected chi connectivity index (χ0v) is 15.4. The third kappa shape index (κ3) is 4.15. The Morgan fingerprint density at radius 3 is 2.59 bits per heavy atom. The number of halogens is 2. The first-order chi connectivity index (χ1) is 12.9. The summed E-state index contributed by atoms with van der Waals surface area (Å²) in [5, 5.41) is 2.58. The third-order valence-electron chi connectivity index (χ3n) is 4.96. The Bertz CT molecular complexity index is 882. The number of aryl methyl sites for hydroxylation is 1. The van der Waals surface area contributed by atoms with Gasteiger partial charge in [0.25, 0.3) is 11.8 Å². The summed E-state index contributed by atoms with van der Waals surface area (Å²) >= 11 is 0. The number of hydrogen-bond acceptors (Lipinski definition) is 2. The van der Waals surface area contributed by atoms with Gasteiger partial charge in [0.1, 0.15) is 11.6 Å². The molecule has 0 bridgehead atoms. The van der Waals surface area contributed by atoms with Gasteiger partial charge in [0, 0.05) is 23.8 Å². The van der Waals surface area contributed by atoms with Crippen LogP contribution in [0.3, 0.4) is 0 Å². The molecule has 1 atom stereocenters. The van der Waals surface area contributed by atoms with Crippen molar-refractivity contribution < 1.29 is 18.4 Å². The standard InChI is InChI=1S/C21H22F2N2O2/c1-13-11-15(21(27)25-10-4-3-5-14(25)2)6-9-19(13)24-20(26)17-12-16(22)7-8-18(17)23/h6-9,11-12,14H,3-5,10H2,1-2H3,(H,24,26). The molecule has 142 valence electrons. The summed E-state index contributed by atoms with van der Waals surface area (Å²) in [4.78, 5) is 26.9. The Morgan fingerprint density at radius 1 is 1.11 bits per heavy atom. The van der Waals surface area contributed by atoms with Crippen molar-refractivity contribution in [2.24, 2.45) is 0 Å². The van der Waals surface area contributed by atoms with Crippen molar-refractivity contribution in [3.05, 3.63) is 64.7 Å². The molecule has 1 saturated heterocycles. The molecule has 6 heteroatoms. The van der Waals surface area contributed by atoms with E-state index >= 15 is 0 Å². The van der Waals surface area contributed by atoms with Gasteiger partial charge in [-0.1, -0.05) is 0 Å². The molecule has 1 N–H and O–H groups in total. The van der Waals surface area contributed by atoms with E-state index in [-0.39, 0.29) is 17.5 Å². The van der Waals surface area contributed by atoms with Crippen LogP contribution in [0.4, 0.5) is 14.5 Å². The van der Waals surface area contributed by atoms with Crippen LogP contribution >= 0.6 is 0 Å². The van der Waals surface area contributed by atoms with Crippen molar-refractivity contribution in [1.82, 2.24) is 4.90 Å². The molecule has 2 aromatic carbocycles. The van der Waals surface area contributed by atoms with Gasteiger partial charge in [0.2, 0.25) is 0 Å². The first-order valence-corrected chi connectivity index (χ1v) is 9.05. The molecule has 0 radical (unpaired) electrons. The molecule has 2 aromatic rings. The van der Waals surface area contributed by atoms with Gasteiger partial charge in [-0.05, 0) is 75.1 Å². The molecule has 0 spiro atoms. The van der Waals surface area contributed by atoms with Crippen LogP contribution in [0, 0.1) is 18.6 Å². The highest BCUT2D eigenvalue weighted by Crippen LogP contribution is 2.23. The summed E-state index contributed by atoms with van der Waals surface area (Å²) in [5.41, 5.74) is 1.32. The minimum atomic E-state index is -0.794. The molecule has 27 heavy (non-hydrogen) atoms. The van der Waals surface area contributed by atoms with Crippen LogP contribution in [0.5, 0.6) is 0 Å². The van der Waals surface area contributed by atoms with Gasteiger partial charge in [-0.15, -0.1) is 0 Å². The van der Waals surface area contributed by atoms with Crippen LogP contribution < -0.4 is 5.32 Å². The second-order valence-corrected chi connectivity index (χ2v) is 6.95. The van der Waals surface area contributed by atoms with Crippen molar-refractivity contribution in [2.45, 2.75) is 39.2 Å². The molecule has 1 aliphatic heterocycles. The number of rotatable bonds is 3. The summed E-state index contributed by atoms with van der Waals surface area (Å²) in [6.07, 6.45) is 3.13. The third-order valence-corrected chi connectivity index (χ3v) is 4.96. The fourth-order valence-electron chi connectivity index (χ4n) is 3.36. The van der Waals surface area contributed by atoms with Crippen LogP contribution in [0.1, 0.15) is 52.5 Å². The molecule has 0 saturated carbocycles. The number of anilines is 1.